The van der Waals surface area contributed by atoms with Gasteiger partial charge in [-0.1, -0.05) is 58.2 Å². The molecule has 7 nitrogen and oxygen atoms in total. The molecule has 38 heavy (non-hydrogen) atoms. The van der Waals surface area contributed by atoms with Crippen molar-refractivity contribution < 1.29 is 19.1 Å². The Hall–Kier alpha value is -3.00. The summed E-state index contributed by atoms with van der Waals surface area (Å²) in [6.07, 6.45) is 6.29. The quantitative estimate of drug-likeness (QED) is 0.588. The van der Waals surface area contributed by atoms with Gasteiger partial charge in [0.1, 0.15) is 5.82 Å². The Morgan fingerprint density at radius 3 is 2.45 bits per heavy atom. The number of rotatable bonds is 7. The fourth-order valence-corrected chi connectivity index (χ4v) is 5.78. The van der Waals surface area contributed by atoms with Gasteiger partial charge in [0.15, 0.2) is 0 Å². The minimum absolute atomic E-state index is 0.0379. The number of likely N-dealkylation sites (tertiary alicyclic amines) is 1. The summed E-state index contributed by atoms with van der Waals surface area (Å²) in [4.78, 5) is 42.7. The Bertz CT molecular complexity index is 1270. The smallest absolute Gasteiger partial charge is 0.255 e. The maximum atomic E-state index is 14.6. The molecule has 1 saturated heterocycles. The average Bonchev–Trinajstić information content (AvgIpc) is 2.83. The van der Waals surface area contributed by atoms with Crippen LogP contribution >= 0.6 is 0 Å². The SMILES string of the molecule is CC(CC1CCC1)C(=O)N1CCC(O)(Cn2cc(C(=O)N(C)C)c(-c3ccccc3F)cc2=O)C(C)(C)C1. The van der Waals surface area contributed by atoms with E-state index in [0.717, 1.165) is 6.42 Å². The summed E-state index contributed by atoms with van der Waals surface area (Å²) in [6, 6.07) is 7.30. The standard InChI is InChI=1S/C30H40FN3O4/c1-20(15-21-9-8-10-21)27(36)33-14-13-30(38,29(2,3)18-33)19-34-17-24(28(37)32(4)5)23(16-26(34)35)22-11-6-7-12-25(22)31/h6-7,11-12,16-17,20-21,38H,8-10,13-15,18-19H2,1-5H3. The summed E-state index contributed by atoms with van der Waals surface area (Å²) in [5.74, 6) is -0.181. The topological polar surface area (TPSA) is 82.8 Å². The van der Waals surface area contributed by atoms with E-state index in [1.54, 1.807) is 26.2 Å². The third-order valence-corrected chi connectivity index (χ3v) is 8.64. The van der Waals surface area contributed by atoms with Gasteiger partial charge >= 0.3 is 0 Å². The van der Waals surface area contributed by atoms with Gasteiger partial charge in [0.05, 0.1) is 17.7 Å². The highest BCUT2D eigenvalue weighted by atomic mass is 19.1. The molecule has 8 heteroatoms. The number of aromatic nitrogens is 1. The number of carbonyl (C=O) groups excluding carboxylic acids is 2. The van der Waals surface area contributed by atoms with Crippen molar-refractivity contribution in [1.29, 1.82) is 0 Å². The lowest BCUT2D eigenvalue weighted by molar-refractivity contribution is -0.157. The van der Waals surface area contributed by atoms with Gasteiger partial charge in [-0.3, -0.25) is 14.4 Å². The molecule has 1 saturated carbocycles. The molecule has 0 spiro atoms. The van der Waals surface area contributed by atoms with Crippen LogP contribution in [0.15, 0.2) is 41.3 Å². The van der Waals surface area contributed by atoms with Gasteiger partial charge in [-0.2, -0.15) is 0 Å². The van der Waals surface area contributed by atoms with Gasteiger partial charge in [0.2, 0.25) is 5.91 Å². The molecule has 2 aromatic rings. The minimum atomic E-state index is -1.29. The molecular formula is C30H40FN3O4. The monoisotopic (exact) mass is 525 g/mol. The van der Waals surface area contributed by atoms with Crippen LogP contribution in [0.25, 0.3) is 11.1 Å². The van der Waals surface area contributed by atoms with Crippen LogP contribution in [0, 0.1) is 23.1 Å². The van der Waals surface area contributed by atoms with Crippen molar-refractivity contribution in [3.8, 4) is 11.1 Å². The number of nitrogens with zero attached hydrogens (tertiary/aromatic N) is 3. The third kappa shape index (κ3) is 5.41. The van der Waals surface area contributed by atoms with Crippen LogP contribution in [0.2, 0.25) is 0 Å². The van der Waals surface area contributed by atoms with E-state index in [2.05, 4.69) is 0 Å². The van der Waals surface area contributed by atoms with E-state index < -0.39 is 22.4 Å². The minimum Gasteiger partial charge on any atom is -0.387 e. The van der Waals surface area contributed by atoms with Crippen LogP contribution in [0.5, 0.6) is 0 Å². The molecule has 1 aliphatic heterocycles. The number of benzene rings is 1. The molecule has 1 aromatic carbocycles. The lowest BCUT2D eigenvalue weighted by Gasteiger charge is -2.51. The number of halogens is 1. The molecule has 2 aliphatic rings. The zero-order valence-corrected chi connectivity index (χ0v) is 23.2. The first-order valence-electron chi connectivity index (χ1n) is 13.6. The Kier molecular flexibility index (Phi) is 7.84. The summed E-state index contributed by atoms with van der Waals surface area (Å²) in [5.41, 5.74) is -1.86. The number of aliphatic hydroxyl groups is 1. The number of hydrogen-bond acceptors (Lipinski definition) is 4. The highest BCUT2D eigenvalue weighted by Crippen LogP contribution is 2.41. The van der Waals surface area contributed by atoms with E-state index in [1.807, 2.05) is 25.7 Å². The average molecular weight is 526 g/mol. The van der Waals surface area contributed by atoms with E-state index in [1.165, 1.54) is 53.1 Å². The Labute approximate surface area is 224 Å². The third-order valence-electron chi connectivity index (χ3n) is 8.64. The van der Waals surface area contributed by atoms with Crippen molar-refractivity contribution in [2.45, 2.75) is 65.0 Å². The van der Waals surface area contributed by atoms with E-state index in [-0.39, 0.29) is 41.0 Å². The van der Waals surface area contributed by atoms with Crippen molar-refractivity contribution in [2.24, 2.45) is 17.3 Å². The number of amides is 2. The molecule has 2 amide bonds. The summed E-state index contributed by atoms with van der Waals surface area (Å²) in [7, 11) is 3.19. The lowest BCUT2D eigenvalue weighted by atomic mass is 9.69. The number of piperidine rings is 1. The second-order valence-corrected chi connectivity index (χ2v) is 12.1. The predicted octanol–water partition coefficient (Wildman–Crippen LogP) is 4.17. The van der Waals surface area contributed by atoms with Crippen LogP contribution in [0.4, 0.5) is 4.39 Å². The zero-order chi connectivity index (χ0) is 27.8. The molecule has 2 fully saturated rings. The first-order chi connectivity index (χ1) is 17.8. The molecule has 2 heterocycles. The van der Waals surface area contributed by atoms with Crippen LogP contribution in [0.1, 0.15) is 63.2 Å². The fraction of sp³-hybridized carbons (Fsp3) is 0.567. The molecule has 2 unspecified atom stereocenters. The maximum Gasteiger partial charge on any atom is 0.255 e. The number of pyridine rings is 1. The predicted molar refractivity (Wildman–Crippen MR) is 145 cm³/mol. The number of carbonyl (C=O) groups is 2. The van der Waals surface area contributed by atoms with E-state index >= 15 is 0 Å². The molecule has 0 radical (unpaired) electrons. The Balaban J connectivity index is 1.60. The van der Waals surface area contributed by atoms with Gasteiger partial charge in [-0.05, 0) is 24.8 Å². The molecular weight excluding hydrogens is 485 g/mol. The van der Waals surface area contributed by atoms with Gasteiger partial charge in [0.25, 0.3) is 11.5 Å². The van der Waals surface area contributed by atoms with Crippen molar-refractivity contribution in [2.75, 3.05) is 27.2 Å². The van der Waals surface area contributed by atoms with Gasteiger partial charge in [0, 0.05) is 61.9 Å². The summed E-state index contributed by atoms with van der Waals surface area (Å²) >= 11 is 0. The van der Waals surface area contributed by atoms with Crippen LogP contribution < -0.4 is 5.56 Å². The van der Waals surface area contributed by atoms with E-state index in [4.69, 9.17) is 0 Å². The lowest BCUT2D eigenvalue weighted by Crippen LogP contribution is -2.61. The first kappa shape index (κ1) is 28.0. The molecule has 1 N–H and O–H groups in total. The molecule has 2 atom stereocenters. The van der Waals surface area contributed by atoms with Gasteiger partial charge in [-0.15, -0.1) is 0 Å². The Morgan fingerprint density at radius 2 is 1.87 bits per heavy atom. The molecule has 4 rings (SSSR count). The van der Waals surface area contributed by atoms with Crippen LogP contribution in [-0.4, -0.2) is 64.1 Å². The van der Waals surface area contributed by atoms with Crippen LogP contribution in [-0.2, 0) is 11.3 Å². The van der Waals surface area contributed by atoms with Gasteiger partial charge < -0.3 is 19.5 Å². The van der Waals surface area contributed by atoms with Crippen molar-refractivity contribution in [1.82, 2.24) is 14.4 Å². The molecule has 1 aromatic heterocycles. The maximum absolute atomic E-state index is 14.6. The van der Waals surface area contributed by atoms with Crippen molar-refractivity contribution in [3.05, 3.63) is 58.3 Å². The highest BCUT2D eigenvalue weighted by Gasteiger charge is 2.49. The summed E-state index contributed by atoms with van der Waals surface area (Å²) in [5, 5.41) is 11.8. The molecule has 206 valence electrons. The fourth-order valence-electron chi connectivity index (χ4n) is 5.78. The second-order valence-electron chi connectivity index (χ2n) is 12.1. The van der Waals surface area contributed by atoms with E-state index in [9.17, 15) is 23.9 Å². The first-order valence-corrected chi connectivity index (χ1v) is 13.6. The largest absolute Gasteiger partial charge is 0.387 e. The Morgan fingerprint density at radius 1 is 1.18 bits per heavy atom. The number of hydrogen-bond donors (Lipinski definition) is 1. The zero-order valence-electron chi connectivity index (χ0n) is 23.2. The van der Waals surface area contributed by atoms with E-state index in [0.29, 0.717) is 25.4 Å². The normalized spacial score (nSPS) is 22.0. The summed E-state index contributed by atoms with van der Waals surface area (Å²) < 4.78 is 16.0. The molecule has 0 bridgehead atoms. The van der Waals surface area contributed by atoms with Crippen molar-refractivity contribution in [3.63, 3.8) is 0 Å². The summed E-state index contributed by atoms with van der Waals surface area (Å²) in [6.45, 7) is 6.56. The molecule has 1 aliphatic carbocycles. The van der Waals surface area contributed by atoms with Gasteiger partial charge in [-0.25, -0.2) is 4.39 Å². The van der Waals surface area contributed by atoms with Crippen LogP contribution in [0.3, 0.4) is 0 Å². The van der Waals surface area contributed by atoms with Crippen molar-refractivity contribution >= 4 is 11.8 Å². The highest BCUT2D eigenvalue weighted by molar-refractivity contribution is 6.00. The second kappa shape index (κ2) is 10.6.